The number of thiophene rings is 1. The number of nitrogens with one attached hydrogen (secondary N) is 2. The first-order chi connectivity index (χ1) is 11.1. The molecular weight excluding hydrogens is 312 g/mol. The van der Waals surface area contributed by atoms with Crippen LogP contribution in [-0.4, -0.2) is 27.9 Å². The van der Waals surface area contributed by atoms with E-state index >= 15 is 0 Å². The van der Waals surface area contributed by atoms with Crippen molar-refractivity contribution < 1.29 is 9.59 Å². The summed E-state index contributed by atoms with van der Waals surface area (Å²) in [5.41, 5.74) is 2.47. The van der Waals surface area contributed by atoms with E-state index in [1.54, 1.807) is 23.7 Å². The lowest BCUT2D eigenvalue weighted by Gasteiger charge is -2.07. The fourth-order valence-electron chi connectivity index (χ4n) is 2.28. The molecule has 23 heavy (non-hydrogen) atoms. The lowest BCUT2D eigenvalue weighted by molar-refractivity contribution is -0.120. The van der Waals surface area contributed by atoms with Gasteiger partial charge in [-0.15, -0.1) is 11.3 Å². The maximum Gasteiger partial charge on any atom is 0.268 e. The predicted molar refractivity (Wildman–Crippen MR) is 89.2 cm³/mol. The number of aryl methyl sites for hydroxylation is 1. The van der Waals surface area contributed by atoms with Crippen molar-refractivity contribution in [2.75, 3.05) is 6.54 Å². The number of fused-ring (bicyclic) bond motifs is 1. The van der Waals surface area contributed by atoms with Crippen LogP contribution in [0, 0.1) is 0 Å². The van der Waals surface area contributed by atoms with Crippen molar-refractivity contribution in [1.29, 1.82) is 0 Å². The number of aromatic nitrogens is 2. The molecule has 0 radical (unpaired) electrons. The summed E-state index contributed by atoms with van der Waals surface area (Å²) in [5, 5.41) is 7.37. The summed E-state index contributed by atoms with van der Waals surface area (Å²) in [4.78, 5) is 28.0. The van der Waals surface area contributed by atoms with Crippen LogP contribution >= 0.6 is 11.3 Å². The molecule has 0 atom stereocenters. The minimum Gasteiger partial charge on any atom is -0.350 e. The molecule has 0 spiro atoms. The van der Waals surface area contributed by atoms with Crippen molar-refractivity contribution in [2.45, 2.75) is 6.54 Å². The van der Waals surface area contributed by atoms with E-state index in [4.69, 9.17) is 0 Å². The predicted octanol–water partition coefficient (Wildman–Crippen LogP) is 1.68. The molecule has 0 saturated carbocycles. The summed E-state index contributed by atoms with van der Waals surface area (Å²) < 4.78 is 2.88. The molecule has 0 aliphatic carbocycles. The van der Waals surface area contributed by atoms with Gasteiger partial charge in [0.05, 0.1) is 16.8 Å². The first-order valence-electron chi connectivity index (χ1n) is 7.12. The fraction of sp³-hybridized carbons (Fsp3) is 0.188. The maximum atomic E-state index is 12.2. The van der Waals surface area contributed by atoms with Gasteiger partial charge in [0, 0.05) is 26.0 Å². The number of pyridine rings is 1. The molecular formula is C16H16N4O2S. The fourth-order valence-corrected chi connectivity index (χ4v) is 3.13. The highest BCUT2D eigenvalue weighted by Gasteiger charge is 2.14. The van der Waals surface area contributed by atoms with Gasteiger partial charge < -0.3 is 15.2 Å². The minimum atomic E-state index is -0.257. The van der Waals surface area contributed by atoms with E-state index in [0.29, 0.717) is 12.2 Å². The smallest absolute Gasteiger partial charge is 0.268 e. The third-order valence-electron chi connectivity index (χ3n) is 3.52. The van der Waals surface area contributed by atoms with Gasteiger partial charge in [-0.05, 0) is 29.1 Å². The molecule has 118 valence electrons. The van der Waals surface area contributed by atoms with Gasteiger partial charge in [0.2, 0.25) is 5.91 Å². The molecule has 0 unspecified atom stereocenters. The molecule has 3 aromatic heterocycles. The monoisotopic (exact) mass is 328 g/mol. The second-order valence-electron chi connectivity index (χ2n) is 5.08. The van der Waals surface area contributed by atoms with Gasteiger partial charge in [0.1, 0.15) is 5.69 Å². The topological polar surface area (TPSA) is 76.0 Å². The number of hydrogen-bond donors (Lipinski definition) is 2. The number of nitrogens with zero attached hydrogens (tertiary/aromatic N) is 2. The molecule has 0 saturated heterocycles. The van der Waals surface area contributed by atoms with Crippen LogP contribution in [0.5, 0.6) is 0 Å². The number of rotatable bonds is 5. The Morgan fingerprint density at radius 1 is 1.30 bits per heavy atom. The van der Waals surface area contributed by atoms with Crippen LogP contribution in [0.3, 0.4) is 0 Å². The zero-order chi connectivity index (χ0) is 16.2. The molecule has 2 amide bonds. The molecule has 0 aliphatic heterocycles. The van der Waals surface area contributed by atoms with Gasteiger partial charge >= 0.3 is 0 Å². The molecule has 0 fully saturated rings. The third kappa shape index (κ3) is 3.40. The lowest BCUT2D eigenvalue weighted by atomic mass is 10.3. The highest BCUT2D eigenvalue weighted by molar-refractivity contribution is 7.17. The first-order valence-corrected chi connectivity index (χ1v) is 8.00. The van der Waals surface area contributed by atoms with E-state index in [2.05, 4.69) is 15.6 Å². The van der Waals surface area contributed by atoms with Gasteiger partial charge in [0.25, 0.3) is 5.91 Å². The summed E-state index contributed by atoms with van der Waals surface area (Å²) in [6, 6.07) is 7.49. The van der Waals surface area contributed by atoms with Gasteiger partial charge in [-0.1, -0.05) is 6.07 Å². The number of amides is 2. The largest absolute Gasteiger partial charge is 0.350 e. The third-order valence-corrected chi connectivity index (χ3v) is 4.37. The van der Waals surface area contributed by atoms with Gasteiger partial charge in [-0.3, -0.25) is 14.6 Å². The molecule has 3 aromatic rings. The second-order valence-corrected chi connectivity index (χ2v) is 6.03. The Labute approximate surface area is 137 Å². The highest BCUT2D eigenvalue weighted by atomic mass is 32.1. The average Bonchev–Trinajstić information content (AvgIpc) is 3.15. The molecule has 0 aliphatic rings. The Hall–Kier alpha value is -2.67. The summed E-state index contributed by atoms with van der Waals surface area (Å²) in [7, 11) is 1.84. The van der Waals surface area contributed by atoms with Crippen LogP contribution < -0.4 is 10.6 Å². The van der Waals surface area contributed by atoms with Gasteiger partial charge in [-0.25, -0.2) is 0 Å². The molecule has 0 aromatic carbocycles. The summed E-state index contributed by atoms with van der Waals surface area (Å²) in [6.07, 6.45) is 3.37. The first kappa shape index (κ1) is 15.2. The van der Waals surface area contributed by atoms with Crippen LogP contribution in [0.2, 0.25) is 0 Å². The van der Waals surface area contributed by atoms with Crippen molar-refractivity contribution in [2.24, 2.45) is 7.05 Å². The highest BCUT2D eigenvalue weighted by Crippen LogP contribution is 2.23. The number of carbonyl (C=O) groups is 2. The zero-order valence-corrected chi connectivity index (χ0v) is 13.4. The SMILES string of the molecule is Cn1c(C(=O)NCC(=O)NCc2cccnc2)cc2sccc21. The van der Waals surface area contributed by atoms with Crippen LogP contribution in [0.15, 0.2) is 42.0 Å². The molecule has 3 heterocycles. The quantitative estimate of drug-likeness (QED) is 0.748. The van der Waals surface area contributed by atoms with Crippen LogP contribution in [0.1, 0.15) is 16.1 Å². The van der Waals surface area contributed by atoms with Crippen molar-refractivity contribution in [3.63, 3.8) is 0 Å². The molecule has 3 rings (SSSR count). The van der Waals surface area contributed by atoms with Crippen molar-refractivity contribution >= 4 is 33.4 Å². The Balaban J connectivity index is 1.53. The minimum absolute atomic E-state index is 0.0576. The molecule has 2 N–H and O–H groups in total. The van der Waals surface area contributed by atoms with Crippen LogP contribution in [0.4, 0.5) is 0 Å². The zero-order valence-electron chi connectivity index (χ0n) is 12.6. The van der Waals surface area contributed by atoms with Crippen molar-refractivity contribution in [1.82, 2.24) is 20.2 Å². The second kappa shape index (κ2) is 6.62. The van der Waals surface area contributed by atoms with Gasteiger partial charge in [0.15, 0.2) is 0 Å². The summed E-state index contributed by atoms with van der Waals surface area (Å²) in [6.45, 7) is 0.334. The van der Waals surface area contributed by atoms with E-state index in [1.165, 1.54) is 0 Å². The van der Waals surface area contributed by atoms with Crippen molar-refractivity contribution in [3.8, 4) is 0 Å². The summed E-state index contributed by atoms with van der Waals surface area (Å²) >= 11 is 1.58. The Bertz CT molecular complexity index is 838. The average molecular weight is 328 g/mol. The number of hydrogen-bond acceptors (Lipinski definition) is 4. The molecule has 7 heteroatoms. The number of carbonyl (C=O) groups excluding carboxylic acids is 2. The van der Waals surface area contributed by atoms with E-state index in [-0.39, 0.29) is 18.4 Å². The van der Waals surface area contributed by atoms with Crippen molar-refractivity contribution in [3.05, 3.63) is 53.3 Å². The van der Waals surface area contributed by atoms with Crippen LogP contribution in [-0.2, 0) is 18.4 Å². The van der Waals surface area contributed by atoms with E-state index in [9.17, 15) is 9.59 Å². The lowest BCUT2D eigenvalue weighted by Crippen LogP contribution is -2.37. The normalized spacial score (nSPS) is 10.7. The standard InChI is InChI=1S/C16H16N4O2S/c1-20-12-4-6-23-14(12)7-13(20)16(22)19-10-15(21)18-9-11-3-2-5-17-8-11/h2-8H,9-10H2,1H3,(H,18,21)(H,19,22). The van der Waals surface area contributed by atoms with Gasteiger partial charge in [-0.2, -0.15) is 0 Å². The Morgan fingerprint density at radius 3 is 2.91 bits per heavy atom. The Kier molecular flexibility index (Phi) is 4.38. The van der Waals surface area contributed by atoms with E-state index in [0.717, 1.165) is 15.8 Å². The van der Waals surface area contributed by atoms with E-state index < -0.39 is 0 Å². The summed E-state index contributed by atoms with van der Waals surface area (Å²) in [5.74, 6) is -0.495. The Morgan fingerprint density at radius 2 is 2.17 bits per heavy atom. The maximum absolute atomic E-state index is 12.2. The van der Waals surface area contributed by atoms with Crippen LogP contribution in [0.25, 0.3) is 10.2 Å². The molecule has 6 nitrogen and oxygen atoms in total. The molecule has 0 bridgehead atoms. The van der Waals surface area contributed by atoms with E-state index in [1.807, 2.05) is 41.3 Å².